The summed E-state index contributed by atoms with van der Waals surface area (Å²) in [6.45, 7) is 2.66. The first-order chi connectivity index (χ1) is 10.2. The molecular weight excluding hydrogens is 267 g/mol. The summed E-state index contributed by atoms with van der Waals surface area (Å²) in [7, 11) is 0. The maximum absolute atomic E-state index is 13.0. The maximum atomic E-state index is 13.0. The molecule has 1 aromatic carbocycles. The normalized spacial score (nSPS) is 10.3. The second kappa shape index (κ2) is 6.85. The van der Waals surface area contributed by atoms with E-state index in [4.69, 9.17) is 5.26 Å². The molecule has 4 heteroatoms. The third-order valence-electron chi connectivity index (χ3n) is 3.42. The molecule has 0 bridgehead atoms. The first-order valence-electron chi connectivity index (χ1n) is 7.07. The van der Waals surface area contributed by atoms with Crippen LogP contribution in [0.5, 0.6) is 0 Å². The van der Waals surface area contributed by atoms with Crippen molar-refractivity contribution >= 4 is 0 Å². The average molecular weight is 284 g/mol. The molecule has 2 aromatic rings. The first kappa shape index (κ1) is 15.0. The molecule has 0 aliphatic carbocycles. The van der Waals surface area contributed by atoms with Crippen molar-refractivity contribution in [2.24, 2.45) is 0 Å². The summed E-state index contributed by atoms with van der Waals surface area (Å²) in [4.78, 5) is 12.3. The predicted molar refractivity (Wildman–Crippen MR) is 80.3 cm³/mol. The van der Waals surface area contributed by atoms with Gasteiger partial charge in [-0.2, -0.15) is 5.26 Å². The number of nitriles is 1. The van der Waals surface area contributed by atoms with Gasteiger partial charge in [0.15, 0.2) is 0 Å². The number of aromatic nitrogens is 1. The van der Waals surface area contributed by atoms with Gasteiger partial charge in [-0.15, -0.1) is 0 Å². The van der Waals surface area contributed by atoms with Crippen LogP contribution in [0.25, 0.3) is 11.3 Å². The fourth-order valence-electron chi connectivity index (χ4n) is 2.28. The Morgan fingerprint density at radius 3 is 2.48 bits per heavy atom. The van der Waals surface area contributed by atoms with Crippen molar-refractivity contribution in [1.82, 2.24) is 4.57 Å². The minimum Gasteiger partial charge on any atom is -0.307 e. The summed E-state index contributed by atoms with van der Waals surface area (Å²) < 4.78 is 14.7. The van der Waals surface area contributed by atoms with Crippen molar-refractivity contribution in [2.75, 3.05) is 0 Å². The number of hydrogen-bond acceptors (Lipinski definition) is 2. The van der Waals surface area contributed by atoms with E-state index in [0.717, 1.165) is 30.5 Å². The van der Waals surface area contributed by atoms with Crippen molar-refractivity contribution < 1.29 is 4.39 Å². The molecule has 0 saturated carbocycles. The van der Waals surface area contributed by atoms with Gasteiger partial charge in [-0.25, -0.2) is 4.39 Å². The molecule has 0 atom stereocenters. The molecule has 1 aromatic heterocycles. The number of halogens is 1. The van der Waals surface area contributed by atoms with Gasteiger partial charge >= 0.3 is 0 Å². The van der Waals surface area contributed by atoms with E-state index in [9.17, 15) is 9.18 Å². The third kappa shape index (κ3) is 3.38. The standard InChI is InChI=1S/C17H17FN2O/c1-2-3-4-11-20-16(10-7-14(12-19)17(20)21)13-5-8-15(18)9-6-13/h5-10H,2-4,11H2,1H3. The van der Waals surface area contributed by atoms with Crippen molar-refractivity contribution in [3.63, 3.8) is 0 Å². The fourth-order valence-corrected chi connectivity index (χ4v) is 2.28. The quantitative estimate of drug-likeness (QED) is 0.786. The van der Waals surface area contributed by atoms with Crippen molar-refractivity contribution in [2.45, 2.75) is 32.7 Å². The van der Waals surface area contributed by atoms with Crippen LogP contribution in [0.3, 0.4) is 0 Å². The summed E-state index contributed by atoms with van der Waals surface area (Å²) in [6.07, 6.45) is 2.95. The highest BCUT2D eigenvalue weighted by molar-refractivity contribution is 5.60. The Morgan fingerprint density at radius 2 is 1.86 bits per heavy atom. The van der Waals surface area contributed by atoms with Crippen LogP contribution < -0.4 is 5.56 Å². The molecular formula is C17H17FN2O. The highest BCUT2D eigenvalue weighted by atomic mass is 19.1. The number of pyridine rings is 1. The lowest BCUT2D eigenvalue weighted by Crippen LogP contribution is -2.24. The van der Waals surface area contributed by atoms with Gasteiger partial charge in [-0.05, 0) is 48.4 Å². The maximum Gasteiger partial charge on any atom is 0.268 e. The van der Waals surface area contributed by atoms with Gasteiger partial charge in [0.05, 0.1) is 5.69 Å². The molecule has 0 aliphatic rings. The van der Waals surface area contributed by atoms with Crippen LogP contribution in [0, 0.1) is 17.1 Å². The number of nitrogens with zero attached hydrogens (tertiary/aromatic N) is 2. The van der Waals surface area contributed by atoms with Crippen LogP contribution in [0.1, 0.15) is 31.7 Å². The van der Waals surface area contributed by atoms with Crippen LogP contribution in [-0.2, 0) is 6.54 Å². The van der Waals surface area contributed by atoms with Crippen molar-refractivity contribution in [3.8, 4) is 17.3 Å². The van der Waals surface area contributed by atoms with Gasteiger partial charge < -0.3 is 4.57 Å². The molecule has 0 aliphatic heterocycles. The van der Waals surface area contributed by atoms with E-state index in [1.54, 1.807) is 22.8 Å². The topological polar surface area (TPSA) is 45.8 Å². The molecule has 108 valence electrons. The van der Waals surface area contributed by atoms with Crippen LogP contribution in [0.2, 0.25) is 0 Å². The lowest BCUT2D eigenvalue weighted by molar-refractivity contribution is 0.591. The average Bonchev–Trinajstić information content (AvgIpc) is 2.50. The summed E-state index contributed by atoms with van der Waals surface area (Å²) in [6, 6.07) is 11.2. The van der Waals surface area contributed by atoms with Crippen LogP contribution in [0.4, 0.5) is 4.39 Å². The van der Waals surface area contributed by atoms with Crippen LogP contribution in [0.15, 0.2) is 41.2 Å². The lowest BCUT2D eigenvalue weighted by Gasteiger charge is -2.13. The Bertz CT molecular complexity index is 711. The monoisotopic (exact) mass is 284 g/mol. The Kier molecular flexibility index (Phi) is 4.89. The van der Waals surface area contributed by atoms with Gasteiger partial charge in [0.1, 0.15) is 17.4 Å². The first-order valence-corrected chi connectivity index (χ1v) is 7.07. The van der Waals surface area contributed by atoms with Gasteiger partial charge in [0.2, 0.25) is 0 Å². The molecule has 0 unspecified atom stereocenters. The highest BCUT2D eigenvalue weighted by Crippen LogP contribution is 2.19. The lowest BCUT2D eigenvalue weighted by atomic mass is 10.1. The largest absolute Gasteiger partial charge is 0.307 e. The SMILES string of the molecule is CCCCCn1c(-c2ccc(F)cc2)ccc(C#N)c1=O. The molecule has 21 heavy (non-hydrogen) atoms. The molecule has 0 N–H and O–H groups in total. The van der Waals surface area contributed by atoms with Gasteiger partial charge in [0, 0.05) is 6.54 Å². The number of benzene rings is 1. The van der Waals surface area contributed by atoms with Gasteiger partial charge in [0.25, 0.3) is 5.56 Å². The van der Waals surface area contributed by atoms with E-state index in [0.29, 0.717) is 6.54 Å². The Balaban J connectivity index is 2.49. The Morgan fingerprint density at radius 1 is 1.14 bits per heavy atom. The van der Waals surface area contributed by atoms with Crippen molar-refractivity contribution in [3.05, 3.63) is 58.1 Å². The summed E-state index contributed by atoms with van der Waals surface area (Å²) in [5, 5.41) is 9.00. The molecule has 0 spiro atoms. The second-order valence-corrected chi connectivity index (χ2v) is 4.91. The van der Waals surface area contributed by atoms with E-state index in [-0.39, 0.29) is 16.9 Å². The number of hydrogen-bond donors (Lipinski definition) is 0. The zero-order valence-corrected chi connectivity index (χ0v) is 12.0. The van der Waals surface area contributed by atoms with E-state index >= 15 is 0 Å². The van der Waals surface area contributed by atoms with E-state index in [2.05, 4.69) is 6.92 Å². The molecule has 0 saturated heterocycles. The number of unbranched alkanes of at least 4 members (excludes halogenated alkanes) is 2. The molecule has 3 nitrogen and oxygen atoms in total. The van der Waals surface area contributed by atoms with E-state index in [1.807, 2.05) is 6.07 Å². The summed E-state index contributed by atoms with van der Waals surface area (Å²) in [5.41, 5.74) is 1.34. The molecule has 0 fully saturated rings. The minimum absolute atomic E-state index is 0.136. The van der Waals surface area contributed by atoms with Gasteiger partial charge in [-0.1, -0.05) is 19.8 Å². The van der Waals surface area contributed by atoms with Crippen LogP contribution in [-0.4, -0.2) is 4.57 Å². The molecule has 2 rings (SSSR count). The highest BCUT2D eigenvalue weighted by Gasteiger charge is 2.10. The van der Waals surface area contributed by atoms with Crippen LogP contribution >= 0.6 is 0 Å². The fraction of sp³-hybridized carbons (Fsp3) is 0.294. The Hall–Kier alpha value is -2.41. The van der Waals surface area contributed by atoms with Crippen molar-refractivity contribution in [1.29, 1.82) is 5.26 Å². The smallest absolute Gasteiger partial charge is 0.268 e. The predicted octanol–water partition coefficient (Wildman–Crippen LogP) is 3.72. The van der Waals surface area contributed by atoms with E-state index < -0.39 is 0 Å². The van der Waals surface area contributed by atoms with E-state index in [1.165, 1.54) is 18.2 Å². The minimum atomic E-state index is -0.313. The molecule has 1 heterocycles. The zero-order valence-electron chi connectivity index (χ0n) is 12.0. The second-order valence-electron chi connectivity index (χ2n) is 4.91. The molecule has 0 radical (unpaired) electrons. The molecule has 0 amide bonds. The Labute approximate surface area is 123 Å². The third-order valence-corrected chi connectivity index (χ3v) is 3.42. The number of rotatable bonds is 5. The summed E-state index contributed by atoms with van der Waals surface area (Å²) >= 11 is 0. The van der Waals surface area contributed by atoms with Gasteiger partial charge in [-0.3, -0.25) is 4.79 Å². The summed E-state index contributed by atoms with van der Waals surface area (Å²) in [5.74, 6) is -0.313. The zero-order chi connectivity index (χ0) is 15.2.